The van der Waals surface area contributed by atoms with Crippen LogP contribution in [-0.2, 0) is 19.0 Å². The van der Waals surface area contributed by atoms with Crippen LogP contribution in [-0.4, -0.2) is 35.6 Å². The van der Waals surface area contributed by atoms with Crippen LogP contribution in [0.4, 0.5) is 13.2 Å². The van der Waals surface area contributed by atoms with Crippen LogP contribution in [0.5, 0.6) is 0 Å². The van der Waals surface area contributed by atoms with Gasteiger partial charge in [-0.2, -0.15) is 13.2 Å². The molecule has 0 spiro atoms. The maximum atomic E-state index is 12.6. The third kappa shape index (κ3) is 5.96. The van der Waals surface area contributed by atoms with Crippen LogP contribution in [0.25, 0.3) is 10.9 Å². The van der Waals surface area contributed by atoms with Crippen molar-refractivity contribution in [3.05, 3.63) is 52.1 Å². The number of para-hydroxylation sites is 1. The molecule has 0 unspecified atom stereocenters. The lowest BCUT2D eigenvalue weighted by molar-refractivity contribution is -0.140. The number of fused-ring (bicyclic) bond motifs is 1. The third-order valence-corrected chi connectivity index (χ3v) is 5.28. The van der Waals surface area contributed by atoms with E-state index >= 15 is 0 Å². The third-order valence-electron chi connectivity index (χ3n) is 4.37. The number of alkyl halides is 3. The van der Waals surface area contributed by atoms with E-state index in [9.17, 15) is 13.2 Å². The van der Waals surface area contributed by atoms with E-state index in [0.29, 0.717) is 37.0 Å². The van der Waals surface area contributed by atoms with Gasteiger partial charge in [-0.05, 0) is 31.4 Å². The summed E-state index contributed by atoms with van der Waals surface area (Å²) in [5.41, 5.74) is 1.59. The maximum Gasteiger partial charge on any atom is 0.434 e. The first-order valence-electron chi connectivity index (χ1n) is 9.56. The second-order valence-electron chi connectivity index (χ2n) is 6.52. The van der Waals surface area contributed by atoms with Crippen LogP contribution >= 0.6 is 11.3 Å². The summed E-state index contributed by atoms with van der Waals surface area (Å²) in [4.78, 5) is 11.5. The lowest BCUT2D eigenvalue weighted by atomic mass is 10.1. The Bertz CT molecular complexity index is 945. The number of hydrogen-bond acceptors (Lipinski definition) is 3. The van der Waals surface area contributed by atoms with Crippen molar-refractivity contribution < 1.29 is 13.2 Å². The highest BCUT2D eigenvalue weighted by Crippen LogP contribution is 2.30. The quantitative estimate of drug-likeness (QED) is 0.286. The van der Waals surface area contributed by atoms with E-state index in [4.69, 9.17) is 0 Å². The van der Waals surface area contributed by atoms with E-state index in [1.165, 1.54) is 10.9 Å². The smallest absolute Gasteiger partial charge is 0.361 e. The number of aromatic nitrogens is 2. The highest BCUT2D eigenvalue weighted by molar-refractivity contribution is 7.09. The number of hydrogen-bond donors (Lipinski definition) is 3. The number of guanidine groups is 1. The molecule has 0 aliphatic carbocycles. The van der Waals surface area contributed by atoms with Crippen molar-refractivity contribution in [2.75, 3.05) is 19.6 Å². The minimum Gasteiger partial charge on any atom is -0.361 e. The number of aryl methyl sites for hydroxylation is 1. The van der Waals surface area contributed by atoms with Gasteiger partial charge in [-0.15, -0.1) is 11.3 Å². The number of H-pyrrole nitrogens is 1. The van der Waals surface area contributed by atoms with Gasteiger partial charge in [0, 0.05) is 48.5 Å². The number of aliphatic imine (C=N–C) groups is 1. The van der Waals surface area contributed by atoms with E-state index in [-0.39, 0.29) is 0 Å². The van der Waals surface area contributed by atoms with Gasteiger partial charge in [0.25, 0.3) is 0 Å². The molecule has 3 N–H and O–H groups in total. The first-order chi connectivity index (χ1) is 14.0. The number of nitrogens with one attached hydrogen (secondary N) is 3. The fourth-order valence-electron chi connectivity index (χ4n) is 2.98. The second kappa shape index (κ2) is 9.78. The lowest BCUT2D eigenvalue weighted by Gasteiger charge is -2.10. The second-order valence-corrected chi connectivity index (χ2v) is 7.47. The molecule has 0 fully saturated rings. The number of aromatic amines is 1. The molecule has 9 heteroatoms. The molecule has 2 aromatic heterocycles. The average molecular weight is 424 g/mol. The van der Waals surface area contributed by atoms with Gasteiger partial charge in [0.05, 0.1) is 5.01 Å². The van der Waals surface area contributed by atoms with Gasteiger partial charge in [0.15, 0.2) is 11.7 Å². The minimum absolute atomic E-state index is 0.417. The molecule has 0 atom stereocenters. The van der Waals surface area contributed by atoms with Gasteiger partial charge in [0.2, 0.25) is 0 Å². The van der Waals surface area contributed by atoms with Crippen LogP contribution in [0, 0.1) is 0 Å². The predicted molar refractivity (Wildman–Crippen MR) is 111 cm³/mol. The average Bonchev–Trinajstić information content (AvgIpc) is 3.32. The molecule has 1 aromatic carbocycles. The number of thiazole rings is 1. The van der Waals surface area contributed by atoms with E-state index in [1.54, 1.807) is 0 Å². The zero-order valence-corrected chi connectivity index (χ0v) is 17.0. The zero-order chi connectivity index (χ0) is 20.7. The monoisotopic (exact) mass is 423 g/mol. The molecule has 5 nitrogen and oxygen atoms in total. The fraction of sp³-hybridized carbons (Fsp3) is 0.400. The molecular formula is C20H24F3N5S. The predicted octanol–water partition coefficient (Wildman–Crippen LogP) is 4.37. The van der Waals surface area contributed by atoms with E-state index in [1.807, 2.05) is 25.3 Å². The normalized spacial score (nSPS) is 12.5. The summed E-state index contributed by atoms with van der Waals surface area (Å²) in [6.07, 6.45) is -0.100. The first kappa shape index (κ1) is 21.2. The zero-order valence-electron chi connectivity index (χ0n) is 16.1. The lowest BCUT2D eigenvalue weighted by Crippen LogP contribution is -2.38. The molecule has 156 valence electrons. The molecule has 0 amide bonds. The van der Waals surface area contributed by atoms with E-state index < -0.39 is 11.9 Å². The van der Waals surface area contributed by atoms with Crippen molar-refractivity contribution in [1.29, 1.82) is 0 Å². The van der Waals surface area contributed by atoms with Gasteiger partial charge >= 0.3 is 6.18 Å². The molecule has 0 radical (unpaired) electrons. The van der Waals surface area contributed by atoms with Crippen LogP contribution in [0.3, 0.4) is 0 Å². The first-order valence-corrected chi connectivity index (χ1v) is 10.4. The number of halogens is 3. The van der Waals surface area contributed by atoms with Crippen molar-refractivity contribution in [1.82, 2.24) is 20.6 Å². The fourth-order valence-corrected chi connectivity index (χ4v) is 3.79. The Balaban J connectivity index is 1.46. The minimum atomic E-state index is -4.39. The molecule has 0 aliphatic heterocycles. The molecule has 3 rings (SSSR count). The molecule has 29 heavy (non-hydrogen) atoms. The highest BCUT2D eigenvalue weighted by atomic mass is 32.1. The molecule has 2 heterocycles. The summed E-state index contributed by atoms with van der Waals surface area (Å²) < 4.78 is 37.8. The summed E-state index contributed by atoms with van der Waals surface area (Å²) in [5, 5.41) is 9.07. The maximum absolute atomic E-state index is 12.6. The number of rotatable bonds is 8. The Labute approximate surface area is 171 Å². The van der Waals surface area contributed by atoms with Gasteiger partial charge in [0.1, 0.15) is 0 Å². The van der Waals surface area contributed by atoms with E-state index in [2.05, 4.69) is 37.7 Å². The Morgan fingerprint density at radius 2 is 2.03 bits per heavy atom. The largest absolute Gasteiger partial charge is 0.434 e. The summed E-state index contributed by atoms with van der Waals surface area (Å²) in [6, 6.07) is 8.21. The van der Waals surface area contributed by atoms with Crippen molar-refractivity contribution in [2.45, 2.75) is 32.4 Å². The highest BCUT2D eigenvalue weighted by Gasteiger charge is 2.33. The Hall–Kier alpha value is -2.55. The number of nitrogens with zero attached hydrogens (tertiary/aromatic N) is 2. The van der Waals surface area contributed by atoms with Gasteiger partial charge in [-0.25, -0.2) is 4.98 Å². The Morgan fingerprint density at radius 3 is 2.79 bits per heavy atom. The van der Waals surface area contributed by atoms with E-state index in [0.717, 1.165) is 35.1 Å². The van der Waals surface area contributed by atoms with Crippen LogP contribution < -0.4 is 10.6 Å². The van der Waals surface area contributed by atoms with Gasteiger partial charge in [-0.3, -0.25) is 4.99 Å². The van der Waals surface area contributed by atoms with Crippen LogP contribution in [0.15, 0.2) is 40.8 Å². The Kier molecular flexibility index (Phi) is 7.13. The van der Waals surface area contributed by atoms with Crippen molar-refractivity contribution >= 4 is 28.2 Å². The summed E-state index contributed by atoms with van der Waals surface area (Å²) in [6.45, 7) is 3.81. The number of benzene rings is 1. The summed E-state index contributed by atoms with van der Waals surface area (Å²) in [5.74, 6) is 0.666. The van der Waals surface area contributed by atoms with Crippen LogP contribution in [0.1, 0.15) is 29.6 Å². The standard InChI is InChI=1S/C20H24F3N5S/c1-2-24-19(26-11-9-18-28-17(13-29-18)20(21,22)23)25-10-5-6-14-12-27-16-8-4-3-7-15(14)16/h3-4,7-8,12-13,27H,2,5-6,9-11H2,1H3,(H2,24,25,26). The van der Waals surface area contributed by atoms with Gasteiger partial charge < -0.3 is 15.6 Å². The van der Waals surface area contributed by atoms with Crippen molar-refractivity contribution in [2.24, 2.45) is 4.99 Å². The topological polar surface area (TPSA) is 65.1 Å². The summed E-state index contributed by atoms with van der Waals surface area (Å²) in [7, 11) is 0. The molecule has 3 aromatic rings. The van der Waals surface area contributed by atoms with Gasteiger partial charge in [-0.1, -0.05) is 18.2 Å². The summed E-state index contributed by atoms with van der Waals surface area (Å²) >= 11 is 1.03. The molecule has 0 saturated heterocycles. The van der Waals surface area contributed by atoms with Crippen molar-refractivity contribution in [3.8, 4) is 0 Å². The van der Waals surface area contributed by atoms with Crippen LogP contribution in [0.2, 0.25) is 0 Å². The molecule has 0 aliphatic rings. The molecular weight excluding hydrogens is 399 g/mol. The molecule has 0 saturated carbocycles. The Morgan fingerprint density at radius 1 is 1.21 bits per heavy atom. The molecule has 0 bridgehead atoms. The van der Waals surface area contributed by atoms with Crippen molar-refractivity contribution in [3.63, 3.8) is 0 Å². The SMILES string of the molecule is CCNC(=NCCCc1c[nH]c2ccccc12)NCCc1nc(C(F)(F)F)cs1.